The Morgan fingerprint density at radius 3 is 2.90 bits per heavy atom. The summed E-state index contributed by atoms with van der Waals surface area (Å²) in [5, 5.41) is 8.73. The zero-order valence-corrected chi connectivity index (χ0v) is 6.01. The van der Waals surface area contributed by atoms with Crippen molar-refractivity contribution in [2.24, 2.45) is 0 Å². The van der Waals surface area contributed by atoms with Crippen molar-refractivity contribution in [1.29, 1.82) is 0 Å². The van der Waals surface area contributed by atoms with Crippen LogP contribution in [0.4, 0.5) is 0 Å². The van der Waals surface area contributed by atoms with Gasteiger partial charge >= 0.3 is 5.97 Å². The van der Waals surface area contributed by atoms with Crippen LogP contribution in [0.3, 0.4) is 0 Å². The number of aromatic carboxylic acids is 1. The molecule has 4 nitrogen and oxygen atoms in total. The zero-order chi connectivity index (χ0) is 7.56. The van der Waals surface area contributed by atoms with E-state index >= 15 is 0 Å². The van der Waals surface area contributed by atoms with Gasteiger partial charge in [0, 0.05) is 0 Å². The van der Waals surface area contributed by atoms with E-state index in [9.17, 15) is 4.79 Å². The predicted molar refractivity (Wildman–Crippen MR) is 35.2 cm³/mol. The van der Waals surface area contributed by atoms with Gasteiger partial charge in [-0.2, -0.15) is 4.98 Å². The van der Waals surface area contributed by atoms with Crippen molar-refractivity contribution in [2.75, 3.05) is 6.26 Å². The van der Waals surface area contributed by atoms with Crippen LogP contribution >= 0.6 is 11.8 Å². The summed E-state index contributed by atoms with van der Waals surface area (Å²) < 4.78 is 4.75. The fourth-order valence-electron chi connectivity index (χ4n) is 0.449. The topological polar surface area (TPSA) is 63.3 Å². The van der Waals surface area contributed by atoms with Gasteiger partial charge in [-0.05, 0) is 6.26 Å². The number of carbonyl (C=O) groups is 1. The van der Waals surface area contributed by atoms with Crippen molar-refractivity contribution in [1.82, 2.24) is 4.98 Å². The first-order chi connectivity index (χ1) is 4.74. The van der Waals surface area contributed by atoms with Gasteiger partial charge in [0.2, 0.25) is 0 Å². The van der Waals surface area contributed by atoms with Crippen molar-refractivity contribution in [3.63, 3.8) is 0 Å². The number of aromatic nitrogens is 1. The Morgan fingerprint density at radius 1 is 1.90 bits per heavy atom. The molecule has 10 heavy (non-hydrogen) atoms. The van der Waals surface area contributed by atoms with Crippen molar-refractivity contribution >= 4 is 17.7 Å². The molecule has 5 heteroatoms. The molecule has 0 saturated heterocycles. The van der Waals surface area contributed by atoms with Crippen molar-refractivity contribution in [3.05, 3.63) is 12.0 Å². The molecule has 0 unspecified atom stereocenters. The van der Waals surface area contributed by atoms with Gasteiger partial charge in [0.25, 0.3) is 5.22 Å². The lowest BCUT2D eigenvalue weighted by atomic mass is 10.5. The molecule has 0 aliphatic carbocycles. The fraction of sp³-hybridized carbons (Fsp3) is 0.200. The number of carboxylic acids is 1. The first-order valence-corrected chi connectivity index (χ1v) is 3.69. The maximum atomic E-state index is 10.2. The van der Waals surface area contributed by atoms with Crippen LogP contribution in [0.2, 0.25) is 0 Å². The Labute approximate surface area is 61.3 Å². The third-order valence-corrected chi connectivity index (χ3v) is 1.41. The lowest BCUT2D eigenvalue weighted by Crippen LogP contribution is -1.95. The largest absolute Gasteiger partial charge is 0.476 e. The monoisotopic (exact) mass is 159 g/mol. The average molecular weight is 159 g/mol. The van der Waals surface area contributed by atoms with Crippen LogP contribution in [-0.2, 0) is 0 Å². The highest BCUT2D eigenvalue weighted by molar-refractivity contribution is 7.98. The lowest BCUT2D eigenvalue weighted by Gasteiger charge is -1.79. The number of rotatable bonds is 2. The Hall–Kier alpha value is -0.970. The molecular formula is C5H5NO3S. The van der Waals surface area contributed by atoms with Crippen LogP contribution in [0, 0.1) is 0 Å². The maximum absolute atomic E-state index is 10.2. The highest BCUT2D eigenvalue weighted by Gasteiger charge is 2.08. The number of nitrogens with zero attached hydrogens (tertiary/aromatic N) is 1. The predicted octanol–water partition coefficient (Wildman–Crippen LogP) is 1.09. The van der Waals surface area contributed by atoms with E-state index in [1.165, 1.54) is 11.8 Å². The first kappa shape index (κ1) is 7.14. The quantitative estimate of drug-likeness (QED) is 0.654. The summed E-state index contributed by atoms with van der Waals surface area (Å²) in [7, 11) is 0. The second-order valence-electron chi connectivity index (χ2n) is 1.51. The minimum Gasteiger partial charge on any atom is -0.476 e. The molecular weight excluding hydrogens is 154 g/mol. The van der Waals surface area contributed by atoms with E-state index in [0.717, 1.165) is 6.26 Å². The van der Waals surface area contributed by atoms with Gasteiger partial charge in [-0.3, -0.25) is 0 Å². The highest BCUT2D eigenvalue weighted by Crippen LogP contribution is 2.12. The number of thioether (sulfide) groups is 1. The normalized spacial score (nSPS) is 9.70. The standard InChI is InChI=1S/C5H5NO3S/c1-10-5-6-3(2-9-5)4(7)8/h2H,1H3,(H,7,8). The molecule has 0 bridgehead atoms. The summed E-state index contributed by atoms with van der Waals surface area (Å²) in [5.41, 5.74) is -0.0515. The van der Waals surface area contributed by atoms with E-state index in [-0.39, 0.29) is 5.69 Å². The summed E-state index contributed by atoms with van der Waals surface area (Å²) >= 11 is 1.27. The first-order valence-electron chi connectivity index (χ1n) is 2.47. The minimum atomic E-state index is -1.07. The average Bonchev–Trinajstić information content (AvgIpc) is 2.34. The van der Waals surface area contributed by atoms with E-state index in [1.54, 1.807) is 6.26 Å². The second-order valence-corrected chi connectivity index (χ2v) is 2.27. The molecule has 0 aliphatic rings. The van der Waals surface area contributed by atoms with Gasteiger partial charge in [-0.15, -0.1) is 0 Å². The Balaban J connectivity index is 2.88. The molecule has 0 aliphatic heterocycles. The molecule has 1 aromatic rings. The SMILES string of the molecule is CSc1nc(C(=O)O)co1. The van der Waals surface area contributed by atoms with Crippen LogP contribution < -0.4 is 0 Å². The number of hydrogen-bond donors (Lipinski definition) is 1. The van der Waals surface area contributed by atoms with Crippen LogP contribution in [0.1, 0.15) is 10.5 Å². The molecule has 1 aromatic heterocycles. The summed E-state index contributed by atoms with van der Waals surface area (Å²) in [5.74, 6) is -1.07. The lowest BCUT2D eigenvalue weighted by molar-refractivity contribution is 0.0690. The number of hydrogen-bond acceptors (Lipinski definition) is 4. The summed E-state index contributed by atoms with van der Waals surface area (Å²) in [6.07, 6.45) is 2.88. The molecule has 0 radical (unpaired) electrons. The molecule has 0 amide bonds. The molecule has 1 heterocycles. The molecule has 1 rings (SSSR count). The van der Waals surface area contributed by atoms with Gasteiger partial charge in [0.15, 0.2) is 5.69 Å². The van der Waals surface area contributed by atoms with E-state index in [0.29, 0.717) is 5.22 Å². The number of oxazole rings is 1. The Morgan fingerprint density at radius 2 is 2.60 bits per heavy atom. The summed E-state index contributed by atoms with van der Waals surface area (Å²) in [6, 6.07) is 0. The second kappa shape index (κ2) is 2.74. The van der Waals surface area contributed by atoms with Crippen LogP contribution in [0.15, 0.2) is 15.9 Å². The Bertz CT molecular complexity index is 245. The molecule has 1 N–H and O–H groups in total. The van der Waals surface area contributed by atoms with E-state index < -0.39 is 5.97 Å². The molecule has 0 aromatic carbocycles. The molecule has 0 spiro atoms. The number of carboxylic acid groups (broad SMARTS) is 1. The smallest absolute Gasteiger partial charge is 0.357 e. The van der Waals surface area contributed by atoms with E-state index in [2.05, 4.69) is 4.98 Å². The minimum absolute atomic E-state index is 0.0515. The van der Waals surface area contributed by atoms with Crippen LogP contribution in [-0.4, -0.2) is 22.3 Å². The summed E-state index contributed by atoms with van der Waals surface area (Å²) in [6.45, 7) is 0. The van der Waals surface area contributed by atoms with Crippen molar-refractivity contribution in [2.45, 2.75) is 5.22 Å². The zero-order valence-electron chi connectivity index (χ0n) is 5.20. The molecule has 54 valence electrons. The van der Waals surface area contributed by atoms with Gasteiger partial charge < -0.3 is 9.52 Å². The third kappa shape index (κ3) is 1.30. The maximum Gasteiger partial charge on any atom is 0.357 e. The highest BCUT2D eigenvalue weighted by atomic mass is 32.2. The van der Waals surface area contributed by atoms with Crippen molar-refractivity contribution in [3.8, 4) is 0 Å². The Kier molecular flexibility index (Phi) is 1.96. The van der Waals surface area contributed by atoms with Gasteiger partial charge in [-0.25, -0.2) is 4.79 Å². The fourth-order valence-corrected chi connectivity index (χ4v) is 0.783. The third-order valence-electron chi connectivity index (χ3n) is 0.877. The van der Waals surface area contributed by atoms with Gasteiger partial charge in [0.05, 0.1) is 0 Å². The van der Waals surface area contributed by atoms with E-state index in [1.807, 2.05) is 0 Å². The van der Waals surface area contributed by atoms with Crippen LogP contribution in [0.25, 0.3) is 0 Å². The van der Waals surface area contributed by atoms with E-state index in [4.69, 9.17) is 9.52 Å². The van der Waals surface area contributed by atoms with Crippen molar-refractivity contribution < 1.29 is 14.3 Å². The van der Waals surface area contributed by atoms with Gasteiger partial charge in [-0.1, -0.05) is 11.8 Å². The van der Waals surface area contributed by atoms with Gasteiger partial charge in [0.1, 0.15) is 6.26 Å². The molecule has 0 fully saturated rings. The molecule has 0 atom stereocenters. The van der Waals surface area contributed by atoms with Crippen LogP contribution in [0.5, 0.6) is 0 Å². The summed E-state index contributed by atoms with van der Waals surface area (Å²) in [4.78, 5) is 13.8. The molecule has 0 saturated carbocycles.